The number of oxime groups is 1. The molecule has 1 saturated heterocycles. The van der Waals surface area contributed by atoms with Crippen LogP contribution in [0.2, 0.25) is 4.34 Å². The van der Waals surface area contributed by atoms with Crippen LogP contribution in [-0.2, 0) is 47.8 Å². The van der Waals surface area contributed by atoms with Crippen LogP contribution in [0.15, 0.2) is 16.6 Å². The van der Waals surface area contributed by atoms with Gasteiger partial charge in [0.05, 0.1) is 16.5 Å². The second kappa shape index (κ2) is 12.9. The van der Waals surface area contributed by atoms with Crippen molar-refractivity contribution < 1.29 is 59.3 Å². The van der Waals surface area contributed by atoms with Gasteiger partial charge in [-0.15, -0.1) is 11.3 Å². The molecule has 2 amide bonds. The summed E-state index contributed by atoms with van der Waals surface area (Å²) in [7, 11) is -5.09. The number of nitrogens with one attached hydrogen (secondary N) is 1. The Kier molecular flexibility index (Phi) is 10.3. The molecule has 0 aromatic carbocycles. The summed E-state index contributed by atoms with van der Waals surface area (Å²) in [6.07, 6.45) is -0.822. The summed E-state index contributed by atoms with van der Waals surface area (Å²) in [5.74, 6) is -5.34. The Balaban J connectivity index is 1.89. The van der Waals surface area contributed by atoms with Crippen LogP contribution >= 0.6 is 22.9 Å². The molecule has 14 nitrogen and oxygen atoms in total. The molecule has 0 bridgehead atoms. The van der Waals surface area contributed by atoms with Gasteiger partial charge in [-0.1, -0.05) is 30.6 Å². The average molecular weight is 689 g/mol. The molecule has 2 atom stereocenters. The van der Waals surface area contributed by atoms with Crippen LogP contribution in [0.25, 0.3) is 0 Å². The summed E-state index contributed by atoms with van der Waals surface area (Å²) in [5, 5.41) is 6.68. The zero-order chi connectivity index (χ0) is 33.4. The molecule has 2 aliphatic heterocycles. The number of aromatic nitrogens is 1. The lowest BCUT2D eigenvalue weighted by molar-refractivity contribution is -0.174. The first-order valence-electron chi connectivity index (χ1n) is 12.7. The number of thiazole rings is 1. The molecule has 0 radical (unpaired) electrons. The molecule has 20 heteroatoms. The molecule has 1 fully saturated rings. The van der Waals surface area contributed by atoms with Gasteiger partial charge in [0.15, 0.2) is 17.2 Å². The van der Waals surface area contributed by atoms with Gasteiger partial charge in [0.25, 0.3) is 11.8 Å². The van der Waals surface area contributed by atoms with E-state index in [0.717, 1.165) is 18.4 Å². The quantitative estimate of drug-likeness (QED) is 0.0726. The lowest BCUT2D eigenvalue weighted by Crippen LogP contribution is -2.72. The van der Waals surface area contributed by atoms with Crippen LogP contribution in [0.5, 0.6) is 0 Å². The minimum Gasteiger partial charge on any atom is -0.427 e. The van der Waals surface area contributed by atoms with Crippen LogP contribution < -0.4 is 5.32 Å². The number of carbonyl (C=O) groups is 4. The van der Waals surface area contributed by atoms with Crippen LogP contribution in [0, 0.1) is 5.41 Å². The molecule has 0 saturated carbocycles. The van der Waals surface area contributed by atoms with Crippen LogP contribution in [-0.4, -0.2) is 79.3 Å². The molecule has 1 aromatic heterocycles. The Hall–Kier alpha value is -3.45. The van der Waals surface area contributed by atoms with Gasteiger partial charge in [-0.2, -0.15) is 21.6 Å². The molecule has 3 heterocycles. The van der Waals surface area contributed by atoms with Gasteiger partial charge in [0.1, 0.15) is 23.2 Å². The maximum absolute atomic E-state index is 13.2. The fraction of sp³-hybridized carbons (Fsp3) is 0.583. The van der Waals surface area contributed by atoms with Crippen molar-refractivity contribution >= 4 is 62.5 Å². The van der Waals surface area contributed by atoms with Crippen molar-refractivity contribution in [2.45, 2.75) is 71.0 Å². The Morgan fingerprint density at radius 2 is 1.84 bits per heavy atom. The topological polar surface area (TPSA) is 180 Å². The fourth-order valence-electron chi connectivity index (χ4n) is 3.90. The molecular weight excluding hydrogens is 661 g/mol. The van der Waals surface area contributed by atoms with Gasteiger partial charge in [0.2, 0.25) is 6.79 Å². The smallest absolute Gasteiger partial charge is 0.427 e. The number of amides is 2. The van der Waals surface area contributed by atoms with E-state index in [1.54, 1.807) is 0 Å². The van der Waals surface area contributed by atoms with Crippen molar-refractivity contribution in [1.29, 1.82) is 0 Å². The number of hydrogen-bond acceptors (Lipinski definition) is 13. The van der Waals surface area contributed by atoms with E-state index >= 15 is 0 Å². The van der Waals surface area contributed by atoms with Crippen LogP contribution in [0.3, 0.4) is 0 Å². The number of nitrogens with zero attached hydrogens (tertiary/aromatic N) is 3. The maximum atomic E-state index is 13.2. The van der Waals surface area contributed by atoms with E-state index in [1.807, 2.05) is 13.8 Å². The van der Waals surface area contributed by atoms with E-state index in [1.165, 1.54) is 20.8 Å². The van der Waals surface area contributed by atoms with E-state index < -0.39 is 81.5 Å². The SMILES string of the molecule is CON=C(C(=O)NC1C(=O)N2C(C(=O)OCOC(=O)C(C)(C)C)=C(OS(=O)(=O)C(F)(F)F)CCC12)c1nc(C(C)C)sc1Cl. The number of esters is 2. The zero-order valence-corrected chi connectivity index (χ0v) is 26.5. The number of β-lactam (4-membered cyclic amide) rings is 1. The summed E-state index contributed by atoms with van der Waals surface area (Å²) < 4.78 is 76.7. The third-order valence-corrected chi connectivity index (χ3v) is 8.62. The standard InChI is InChI=1S/C24H28ClF3N4O10S2/c1-10(2)19-30-14(17(25)43-19)15(31-39-6)18(33)29-13-11-7-8-12(42-44(37,38)24(26,27)28)16(32(11)20(13)34)21(35)40-9-41-22(36)23(3,4)5/h10-11,13H,7-9H2,1-6H3,(H,29,33). The van der Waals surface area contributed by atoms with E-state index in [0.29, 0.717) is 9.91 Å². The van der Waals surface area contributed by atoms with E-state index in [4.69, 9.17) is 25.9 Å². The number of carbonyl (C=O) groups excluding carboxylic acids is 4. The van der Waals surface area contributed by atoms with Gasteiger partial charge >= 0.3 is 27.6 Å². The van der Waals surface area contributed by atoms with Crippen molar-refractivity contribution in [3.05, 3.63) is 26.5 Å². The average Bonchev–Trinajstić information content (AvgIpc) is 3.29. The van der Waals surface area contributed by atoms with E-state index in [2.05, 4.69) is 19.6 Å². The van der Waals surface area contributed by atoms with Gasteiger partial charge < -0.3 is 23.8 Å². The molecule has 0 aliphatic carbocycles. The third-order valence-electron chi connectivity index (χ3n) is 6.08. The van der Waals surface area contributed by atoms with Gasteiger partial charge in [-0.05, 0) is 27.2 Å². The van der Waals surface area contributed by atoms with Gasteiger partial charge in [-0.3, -0.25) is 19.3 Å². The second-order valence-electron chi connectivity index (χ2n) is 10.7. The highest BCUT2D eigenvalue weighted by Crippen LogP contribution is 2.40. The molecule has 244 valence electrons. The minimum absolute atomic E-state index is 0.0194. The summed E-state index contributed by atoms with van der Waals surface area (Å²) in [6, 6.07) is -2.39. The fourth-order valence-corrected chi connectivity index (χ4v) is 5.59. The molecule has 2 aliphatic rings. The molecule has 2 unspecified atom stereocenters. The molecule has 44 heavy (non-hydrogen) atoms. The van der Waals surface area contributed by atoms with Crippen molar-refractivity contribution in [3.8, 4) is 0 Å². The first kappa shape index (κ1) is 35.0. The number of fused-ring (bicyclic) bond motifs is 1. The summed E-state index contributed by atoms with van der Waals surface area (Å²) >= 11 is 7.36. The van der Waals surface area contributed by atoms with Gasteiger partial charge in [0, 0.05) is 12.3 Å². The number of hydrogen-bond donors (Lipinski definition) is 1. The Labute approximate surface area is 258 Å². The first-order valence-corrected chi connectivity index (χ1v) is 15.3. The highest BCUT2D eigenvalue weighted by Gasteiger charge is 2.56. The Morgan fingerprint density at radius 3 is 2.36 bits per heavy atom. The van der Waals surface area contributed by atoms with E-state index in [-0.39, 0.29) is 28.1 Å². The number of ether oxygens (including phenoxy) is 2. The highest BCUT2D eigenvalue weighted by molar-refractivity contribution is 7.87. The second-order valence-corrected chi connectivity index (χ2v) is 13.9. The normalized spacial score (nSPS) is 19.3. The molecule has 1 aromatic rings. The van der Waals surface area contributed by atoms with Crippen molar-refractivity contribution in [1.82, 2.24) is 15.2 Å². The largest absolute Gasteiger partial charge is 0.534 e. The lowest BCUT2D eigenvalue weighted by Gasteiger charge is -2.49. The van der Waals surface area contributed by atoms with Crippen molar-refractivity contribution in [2.24, 2.45) is 10.6 Å². The van der Waals surface area contributed by atoms with Crippen LogP contribution in [0.1, 0.15) is 64.1 Å². The summed E-state index contributed by atoms with van der Waals surface area (Å²) in [6.45, 7) is 7.19. The predicted molar refractivity (Wildman–Crippen MR) is 146 cm³/mol. The summed E-state index contributed by atoms with van der Waals surface area (Å²) in [4.78, 5) is 61.0. The highest BCUT2D eigenvalue weighted by atomic mass is 35.5. The molecule has 1 N–H and O–H groups in total. The molecular formula is C24H28ClF3N4O10S2. The van der Waals surface area contributed by atoms with Gasteiger partial charge in [-0.25, -0.2) is 9.78 Å². The number of rotatable bonds is 10. The monoisotopic (exact) mass is 688 g/mol. The number of alkyl halides is 3. The van der Waals surface area contributed by atoms with Crippen molar-refractivity contribution in [2.75, 3.05) is 13.9 Å². The van der Waals surface area contributed by atoms with Crippen molar-refractivity contribution in [3.63, 3.8) is 0 Å². The zero-order valence-electron chi connectivity index (χ0n) is 24.1. The first-order chi connectivity index (χ1) is 20.2. The Bertz CT molecular complexity index is 1520. The minimum atomic E-state index is -6.25. The Morgan fingerprint density at radius 1 is 1.20 bits per heavy atom. The number of allylic oxidation sites excluding steroid dienone is 1. The summed E-state index contributed by atoms with van der Waals surface area (Å²) in [5.41, 5.74) is -8.22. The maximum Gasteiger partial charge on any atom is 0.534 e. The number of halogens is 4. The van der Waals surface area contributed by atoms with E-state index in [9.17, 15) is 40.8 Å². The lowest BCUT2D eigenvalue weighted by atomic mass is 9.85. The molecule has 3 rings (SSSR count). The third kappa shape index (κ3) is 7.26. The predicted octanol–water partition coefficient (Wildman–Crippen LogP) is 2.93. The molecule has 0 spiro atoms. The van der Waals surface area contributed by atoms with Crippen LogP contribution in [0.4, 0.5) is 13.2 Å².